The predicted octanol–water partition coefficient (Wildman–Crippen LogP) is 6.30. The number of hydrogen-bond donors (Lipinski definition) is 9. The van der Waals surface area contributed by atoms with Crippen LogP contribution in [0.15, 0.2) is 35.9 Å². The van der Waals surface area contributed by atoms with Gasteiger partial charge >= 0.3 is 18.0 Å². The van der Waals surface area contributed by atoms with Crippen LogP contribution >= 0.6 is 80.0 Å². The fourth-order valence-electron chi connectivity index (χ4n) is 12.8. The Morgan fingerprint density at radius 3 is 1.61 bits per heavy atom. The van der Waals surface area contributed by atoms with Crippen molar-refractivity contribution in [2.45, 2.75) is 235 Å². The number of nitrogens with zero attached hydrogens (tertiary/aromatic N) is 7. The Bertz CT molecular complexity index is 3900. The van der Waals surface area contributed by atoms with E-state index in [4.69, 9.17) is 30.5 Å². The van der Waals surface area contributed by atoms with E-state index in [1.54, 1.807) is 31.3 Å². The van der Waals surface area contributed by atoms with Gasteiger partial charge in [-0.15, -0.1) is 0 Å². The summed E-state index contributed by atoms with van der Waals surface area (Å²) in [5, 5.41) is 23.7. The van der Waals surface area contributed by atoms with Crippen LogP contribution in [-0.2, 0) is 92.5 Å². The molecule has 4 bridgehead atoms. The highest BCUT2D eigenvalue weighted by molar-refractivity contribution is 8.77. The lowest BCUT2D eigenvalue weighted by Gasteiger charge is -2.44. The molecule has 0 radical (unpaired) electrons. The van der Waals surface area contributed by atoms with Crippen molar-refractivity contribution >= 4 is 181 Å². The van der Waals surface area contributed by atoms with Gasteiger partial charge in [0.05, 0.1) is 42.8 Å². The fraction of sp³-hybridized carbons (Fsp3) is 0.658. The number of benzene rings is 1. The first-order valence-electron chi connectivity index (χ1n) is 38.3. The number of rotatable bonds is 36. The zero-order chi connectivity index (χ0) is 87.8. The number of carbonyl (C=O) groups excluding carboxylic acids is 15. The molecular formula is C76H113ClN12O22S6. The molecular weight excluding hydrogens is 1660 g/mol. The van der Waals surface area contributed by atoms with Crippen LogP contribution in [0.2, 0.25) is 5.02 Å². The number of imide groups is 2. The van der Waals surface area contributed by atoms with Crippen molar-refractivity contribution in [1.29, 1.82) is 0 Å². The van der Waals surface area contributed by atoms with E-state index < -0.39 is 208 Å². The van der Waals surface area contributed by atoms with Crippen molar-refractivity contribution in [1.82, 2.24) is 56.6 Å². The predicted molar refractivity (Wildman–Crippen MR) is 449 cm³/mol. The lowest BCUT2D eigenvalue weighted by Crippen LogP contribution is -2.63. The standard InChI is InChI=1S/C76H113ClN12O22S6/c1-16-75(10)42-45(3)51-43-76(107,78-72(106)110-51)54(109-15)19-17-18-44(2)36-48-37-49(67(77)50(38-48)108-14)85(13)64(98)41-55(75)111-71(105)47(5)84(12)61(95)27-35-115-117-74(8,9)29-21-57(91)80-82-59(93)23-33-89(63(97)25-31-87-66(100)40-53(113)69(87)102)88(62(96)24-30-86-65(99)39-52(112)68(86)101)32-22-58(92)81-79-56(90)20-28-73(6,7)116-114-34-26-60(94)83(11)46(4)70(103)104/h17-19,37-38,45-47,51-55,107,112-113H,16,20-36,39-43H2,1-15H3,(H,78,106)(H,79,90)(H,80,91)(H,81,92)(H,82,93)(H,103,104)/b19-17+,44-18+/t45-,46-,47-,51?,52?,53?,54+,55-,75?,76-/m0/s1. The van der Waals surface area contributed by atoms with E-state index in [-0.39, 0.29) is 80.9 Å². The number of anilines is 1. The van der Waals surface area contributed by atoms with Crippen molar-refractivity contribution in [2.75, 3.05) is 77.9 Å². The highest BCUT2D eigenvalue weighted by Gasteiger charge is 2.49. The maximum atomic E-state index is 14.7. The molecule has 3 fully saturated rings. The number of thiol groups is 2. The maximum Gasteiger partial charge on any atom is 0.409 e. The molecule has 41 heteroatoms. The van der Waals surface area contributed by atoms with Gasteiger partial charge in [0.2, 0.25) is 76.8 Å². The van der Waals surface area contributed by atoms with Crippen LogP contribution in [0.4, 0.5) is 10.5 Å². The summed E-state index contributed by atoms with van der Waals surface area (Å²) in [7, 11) is 12.8. The molecule has 1 aromatic rings. The highest BCUT2D eigenvalue weighted by Crippen LogP contribution is 2.44. The summed E-state index contributed by atoms with van der Waals surface area (Å²) in [5.41, 5.74) is 8.30. The first kappa shape index (κ1) is 100. The van der Waals surface area contributed by atoms with Gasteiger partial charge in [-0.05, 0) is 104 Å². The molecule has 0 spiro atoms. The second-order valence-electron chi connectivity index (χ2n) is 30.8. The van der Waals surface area contributed by atoms with Crippen molar-refractivity contribution in [3.63, 3.8) is 0 Å². The van der Waals surface area contributed by atoms with E-state index in [0.29, 0.717) is 36.5 Å². The molecule has 652 valence electrons. The van der Waals surface area contributed by atoms with Gasteiger partial charge in [-0.25, -0.2) is 14.4 Å². The van der Waals surface area contributed by atoms with Crippen LogP contribution < -0.4 is 36.7 Å². The van der Waals surface area contributed by atoms with E-state index in [9.17, 15) is 86.9 Å². The van der Waals surface area contributed by atoms with E-state index in [0.717, 1.165) is 35.9 Å². The lowest BCUT2D eigenvalue weighted by molar-refractivity contribution is -0.168. The van der Waals surface area contributed by atoms with Crippen molar-refractivity contribution in [3.8, 4) is 5.75 Å². The molecule has 3 saturated heterocycles. The fourth-order valence-corrected chi connectivity index (χ4v) is 18.9. The molecule has 14 amide bonds. The second-order valence-corrected chi connectivity index (χ2v) is 38.7. The number of allylic oxidation sites excluding steroid dienone is 3. The Morgan fingerprint density at radius 2 is 1.17 bits per heavy atom. The Labute approximate surface area is 714 Å². The topological polar surface area (TPSA) is 433 Å². The molecule has 4 unspecified atom stereocenters. The zero-order valence-electron chi connectivity index (χ0n) is 68.9. The van der Waals surface area contributed by atoms with Crippen molar-refractivity contribution in [3.05, 3.63) is 46.5 Å². The minimum atomic E-state index is -1.89. The monoisotopic (exact) mass is 1770 g/mol. The molecule has 4 heterocycles. The van der Waals surface area contributed by atoms with E-state index in [1.165, 1.54) is 95.1 Å². The number of alkyl carbamates (subject to hydrolysis) is 1. The van der Waals surface area contributed by atoms with Gasteiger partial charge in [0.15, 0.2) is 5.72 Å². The van der Waals surface area contributed by atoms with E-state index in [2.05, 4.69) is 52.3 Å². The summed E-state index contributed by atoms with van der Waals surface area (Å²) in [5.74, 6) is -10.1. The second kappa shape index (κ2) is 45.8. The molecule has 5 rings (SSSR count). The summed E-state index contributed by atoms with van der Waals surface area (Å²) in [4.78, 5) is 219. The average molecular weight is 1770 g/mol. The van der Waals surface area contributed by atoms with Gasteiger partial charge in [0.25, 0.3) is 0 Å². The average Bonchev–Trinajstić information content (AvgIpc) is 1.41. The number of carboxylic acid groups (broad SMARTS) is 1. The van der Waals surface area contributed by atoms with Gasteiger partial charge < -0.3 is 43.9 Å². The third kappa shape index (κ3) is 30.0. The van der Waals surface area contributed by atoms with Crippen LogP contribution in [0, 0.1) is 11.3 Å². The molecule has 1 aromatic carbocycles. The number of halogens is 1. The number of amides is 14. The highest BCUT2D eigenvalue weighted by atomic mass is 35.5. The number of likely N-dealkylation sites (N-methyl/N-ethyl adjacent to an activating group) is 2. The molecule has 0 saturated carbocycles. The SMILES string of the molecule is CCC1(C)C[C@H](C)C2C[C@@](O)(NC(=O)O2)[C@H](OC)/C=C/C=C(\C)Cc2cc(OC)c(Cl)c(c2)N(C)C(=O)C[C@@H]1OC(=O)[C@H](C)N(C)C(=O)CCSSC(C)(C)CCC(=O)NNC(=O)CCN(C(=O)CCN1C(=O)CC(S)C1=O)N(CCC(=O)NNC(=O)CCC(C)(C)SSCCC(=O)N(C)[C@@H](C)C(=O)O)C(=O)CCN1C(=O)CC(S)C1=O. The van der Waals surface area contributed by atoms with Crippen LogP contribution in [0.25, 0.3) is 0 Å². The van der Waals surface area contributed by atoms with Crippen molar-refractivity contribution in [2.24, 2.45) is 11.3 Å². The Hall–Kier alpha value is -7.47. The number of esters is 1. The normalized spacial score (nSPS) is 22.6. The molecule has 4 aliphatic rings. The van der Waals surface area contributed by atoms with Gasteiger partial charge in [0, 0.05) is 138 Å². The third-order valence-corrected chi connectivity index (χ3v) is 28.6. The number of nitrogens with one attached hydrogen (secondary N) is 5. The van der Waals surface area contributed by atoms with Crippen LogP contribution in [0.3, 0.4) is 0 Å². The van der Waals surface area contributed by atoms with Crippen LogP contribution in [0.1, 0.15) is 178 Å². The van der Waals surface area contributed by atoms with E-state index >= 15 is 0 Å². The molecule has 7 N–H and O–H groups in total. The lowest BCUT2D eigenvalue weighted by atomic mass is 9.71. The number of methoxy groups -OCH3 is 2. The number of hydrazine groups is 3. The largest absolute Gasteiger partial charge is 0.495 e. The van der Waals surface area contributed by atoms with Gasteiger partial charge in [-0.2, -0.15) is 25.3 Å². The number of likely N-dealkylation sites (tertiary alicyclic amines) is 2. The van der Waals surface area contributed by atoms with Gasteiger partial charge in [0.1, 0.15) is 41.2 Å². The summed E-state index contributed by atoms with van der Waals surface area (Å²) in [6, 6.07) is 1.38. The number of carbonyl (C=O) groups is 16. The molecule has 0 aromatic heterocycles. The number of carboxylic acids is 1. The van der Waals surface area contributed by atoms with E-state index in [1.807, 2.05) is 61.5 Å². The number of ether oxygens (including phenoxy) is 4. The van der Waals surface area contributed by atoms with Gasteiger partial charge in [-0.1, -0.05) is 99.3 Å². The Kier molecular flexibility index (Phi) is 39.2. The van der Waals surface area contributed by atoms with Gasteiger partial charge in [-0.3, -0.25) is 109 Å². The first-order chi connectivity index (χ1) is 54.7. The Balaban J connectivity index is 1.20. The molecule has 4 aliphatic heterocycles. The third-order valence-electron chi connectivity index (χ3n) is 20.7. The maximum absolute atomic E-state index is 14.7. The Morgan fingerprint density at radius 1 is 0.701 bits per heavy atom. The summed E-state index contributed by atoms with van der Waals surface area (Å²) >= 11 is 15.2. The minimum Gasteiger partial charge on any atom is -0.495 e. The quantitative estimate of drug-likeness (QED) is 0.00888. The van der Waals surface area contributed by atoms with Crippen LogP contribution in [-0.4, -0.2) is 264 Å². The number of aliphatic carboxylic acids is 1. The van der Waals surface area contributed by atoms with Crippen molar-refractivity contribution < 1.29 is 106 Å². The number of aliphatic hydroxyl groups is 1. The zero-order valence-corrected chi connectivity index (χ0v) is 74.7. The molecule has 117 heavy (non-hydrogen) atoms. The molecule has 34 nitrogen and oxygen atoms in total. The summed E-state index contributed by atoms with van der Waals surface area (Å²) in [6.07, 6.45) is -0.619. The first-order valence-corrected chi connectivity index (χ1v) is 44.3. The minimum absolute atomic E-state index is 0.0326. The summed E-state index contributed by atoms with van der Waals surface area (Å²) in [6.45, 7) is 15.7. The summed E-state index contributed by atoms with van der Waals surface area (Å²) < 4.78 is 22.4. The molecule has 0 aliphatic carbocycles. The number of fused-ring (bicyclic) bond motifs is 4. The number of hydrogen-bond acceptors (Lipinski definition) is 27. The van der Waals surface area contributed by atoms with Crippen LogP contribution in [0.5, 0.6) is 5.75 Å². The smallest absolute Gasteiger partial charge is 0.409 e. The molecule has 10 atom stereocenters.